The molecule has 4 heteroatoms. The molecule has 3 nitrogen and oxygen atoms in total. The van der Waals surface area contributed by atoms with Crippen LogP contribution in [0.25, 0.3) is 0 Å². The molecule has 0 N–H and O–H groups in total. The van der Waals surface area contributed by atoms with E-state index in [4.69, 9.17) is 22.1 Å². The molecular formula is C14H14ClN3. The molecule has 1 heterocycles. The summed E-state index contributed by atoms with van der Waals surface area (Å²) in [7, 11) is 0. The number of nitriles is 2. The predicted octanol–water partition coefficient (Wildman–Crippen LogP) is 3.09. The molecule has 18 heavy (non-hydrogen) atoms. The van der Waals surface area contributed by atoms with Crippen LogP contribution in [0.3, 0.4) is 0 Å². The van der Waals surface area contributed by atoms with Crippen molar-refractivity contribution in [2.24, 2.45) is 0 Å². The maximum absolute atomic E-state index is 9.12. The SMILES string of the molecule is N#Cc1ccc(CN2CCCCC2C#N)c(Cl)c1. The van der Waals surface area contributed by atoms with E-state index in [1.165, 1.54) is 0 Å². The zero-order chi connectivity index (χ0) is 13.0. The maximum atomic E-state index is 9.12. The summed E-state index contributed by atoms with van der Waals surface area (Å²) in [5.74, 6) is 0. The molecule has 2 rings (SSSR count). The molecule has 92 valence electrons. The molecule has 0 spiro atoms. The van der Waals surface area contributed by atoms with E-state index >= 15 is 0 Å². The minimum atomic E-state index is -0.00883. The van der Waals surface area contributed by atoms with Crippen LogP contribution in [0.5, 0.6) is 0 Å². The average molecular weight is 260 g/mol. The Morgan fingerprint density at radius 2 is 2.17 bits per heavy atom. The first-order chi connectivity index (χ1) is 8.74. The normalized spacial score (nSPS) is 20.1. The van der Waals surface area contributed by atoms with Crippen molar-refractivity contribution in [3.63, 3.8) is 0 Å². The molecule has 0 radical (unpaired) electrons. The zero-order valence-corrected chi connectivity index (χ0v) is 10.8. The van der Waals surface area contributed by atoms with Crippen LogP contribution in [0.15, 0.2) is 18.2 Å². The molecule has 1 aliphatic rings. The van der Waals surface area contributed by atoms with Crippen LogP contribution in [0.4, 0.5) is 0 Å². The highest BCUT2D eigenvalue weighted by Gasteiger charge is 2.22. The van der Waals surface area contributed by atoms with Crippen LogP contribution >= 0.6 is 11.6 Å². The van der Waals surface area contributed by atoms with E-state index in [-0.39, 0.29) is 6.04 Å². The van der Waals surface area contributed by atoms with Gasteiger partial charge in [-0.3, -0.25) is 4.90 Å². The number of benzene rings is 1. The Morgan fingerprint density at radius 1 is 1.33 bits per heavy atom. The zero-order valence-electron chi connectivity index (χ0n) is 10.1. The van der Waals surface area contributed by atoms with Crippen molar-refractivity contribution in [3.05, 3.63) is 34.3 Å². The first kappa shape index (κ1) is 12.9. The smallest absolute Gasteiger partial charge is 0.0992 e. The largest absolute Gasteiger partial charge is 0.284 e. The van der Waals surface area contributed by atoms with E-state index in [0.717, 1.165) is 31.4 Å². The van der Waals surface area contributed by atoms with Crippen molar-refractivity contribution >= 4 is 11.6 Å². The van der Waals surface area contributed by atoms with Crippen LogP contribution in [-0.4, -0.2) is 17.5 Å². The van der Waals surface area contributed by atoms with Gasteiger partial charge in [-0.25, -0.2) is 0 Å². The van der Waals surface area contributed by atoms with Gasteiger partial charge < -0.3 is 0 Å². The van der Waals surface area contributed by atoms with E-state index in [2.05, 4.69) is 17.0 Å². The van der Waals surface area contributed by atoms with Crippen molar-refractivity contribution in [1.29, 1.82) is 10.5 Å². The molecule has 1 atom stereocenters. The molecule has 0 aliphatic carbocycles. The summed E-state index contributed by atoms with van der Waals surface area (Å²) in [6, 6.07) is 9.74. The molecule has 1 unspecified atom stereocenters. The van der Waals surface area contributed by atoms with Crippen LogP contribution < -0.4 is 0 Å². The van der Waals surface area contributed by atoms with E-state index in [0.29, 0.717) is 17.1 Å². The lowest BCUT2D eigenvalue weighted by Crippen LogP contribution is -2.37. The Kier molecular flexibility index (Phi) is 4.20. The van der Waals surface area contributed by atoms with E-state index in [1.807, 2.05) is 6.07 Å². The molecule has 1 aromatic rings. The van der Waals surface area contributed by atoms with Gasteiger partial charge in [-0.1, -0.05) is 17.7 Å². The van der Waals surface area contributed by atoms with Crippen molar-refractivity contribution in [2.45, 2.75) is 31.8 Å². The molecule has 1 fully saturated rings. The topological polar surface area (TPSA) is 50.8 Å². The Morgan fingerprint density at radius 3 is 2.83 bits per heavy atom. The number of piperidine rings is 1. The van der Waals surface area contributed by atoms with Crippen molar-refractivity contribution in [3.8, 4) is 12.1 Å². The number of nitrogens with zero attached hydrogens (tertiary/aromatic N) is 3. The van der Waals surface area contributed by atoms with Crippen LogP contribution in [0, 0.1) is 22.7 Å². The fourth-order valence-electron chi connectivity index (χ4n) is 2.29. The lowest BCUT2D eigenvalue weighted by atomic mass is 10.0. The van der Waals surface area contributed by atoms with Gasteiger partial charge >= 0.3 is 0 Å². The Balaban J connectivity index is 2.14. The second kappa shape index (κ2) is 5.87. The lowest BCUT2D eigenvalue weighted by Gasteiger charge is -2.31. The number of halogens is 1. The van der Waals surface area contributed by atoms with Gasteiger partial charge in [0.25, 0.3) is 0 Å². The molecule has 1 aromatic carbocycles. The highest BCUT2D eigenvalue weighted by Crippen LogP contribution is 2.23. The third-order valence-electron chi connectivity index (χ3n) is 3.32. The van der Waals surface area contributed by atoms with Crippen molar-refractivity contribution in [1.82, 2.24) is 4.90 Å². The summed E-state index contributed by atoms with van der Waals surface area (Å²) in [5.41, 5.74) is 1.55. The molecular weight excluding hydrogens is 246 g/mol. The third kappa shape index (κ3) is 2.82. The average Bonchev–Trinajstić information content (AvgIpc) is 2.41. The molecule has 1 saturated heterocycles. The highest BCUT2D eigenvalue weighted by atomic mass is 35.5. The first-order valence-corrected chi connectivity index (χ1v) is 6.44. The van der Waals surface area contributed by atoms with E-state index in [1.54, 1.807) is 12.1 Å². The fourth-order valence-corrected chi connectivity index (χ4v) is 2.53. The number of likely N-dealkylation sites (tertiary alicyclic amines) is 1. The number of hydrogen-bond donors (Lipinski definition) is 0. The fraction of sp³-hybridized carbons (Fsp3) is 0.429. The Bertz CT molecular complexity index is 513. The molecule has 0 saturated carbocycles. The second-order valence-electron chi connectivity index (χ2n) is 4.53. The van der Waals surface area contributed by atoms with Gasteiger partial charge in [-0.15, -0.1) is 0 Å². The summed E-state index contributed by atoms with van der Waals surface area (Å²) < 4.78 is 0. The number of hydrogen-bond acceptors (Lipinski definition) is 3. The quantitative estimate of drug-likeness (QED) is 0.820. The van der Waals surface area contributed by atoms with Gasteiger partial charge in [0, 0.05) is 11.6 Å². The summed E-state index contributed by atoms with van der Waals surface area (Å²) >= 11 is 6.16. The van der Waals surface area contributed by atoms with Gasteiger partial charge in [0.2, 0.25) is 0 Å². The Hall–Kier alpha value is -1.55. The van der Waals surface area contributed by atoms with Gasteiger partial charge in [-0.2, -0.15) is 10.5 Å². The molecule has 0 amide bonds. The van der Waals surface area contributed by atoms with Gasteiger partial charge in [0.15, 0.2) is 0 Å². The number of rotatable bonds is 2. The van der Waals surface area contributed by atoms with Crippen molar-refractivity contribution in [2.75, 3.05) is 6.54 Å². The van der Waals surface area contributed by atoms with Crippen LogP contribution in [0.1, 0.15) is 30.4 Å². The standard InChI is InChI=1S/C14H14ClN3/c15-14-7-11(8-16)4-5-12(14)10-18-6-2-1-3-13(18)9-17/h4-5,7,13H,1-3,6,10H2. The Labute approximate surface area is 112 Å². The molecule has 1 aliphatic heterocycles. The van der Waals surface area contributed by atoms with Crippen LogP contribution in [-0.2, 0) is 6.54 Å². The first-order valence-electron chi connectivity index (χ1n) is 6.07. The molecule has 0 bridgehead atoms. The van der Waals surface area contributed by atoms with Gasteiger partial charge in [0.05, 0.1) is 23.7 Å². The summed E-state index contributed by atoms with van der Waals surface area (Å²) in [4.78, 5) is 2.16. The minimum Gasteiger partial charge on any atom is -0.284 e. The monoisotopic (exact) mass is 259 g/mol. The predicted molar refractivity (Wildman–Crippen MR) is 69.8 cm³/mol. The third-order valence-corrected chi connectivity index (χ3v) is 3.67. The van der Waals surface area contributed by atoms with Crippen LogP contribution in [0.2, 0.25) is 5.02 Å². The minimum absolute atomic E-state index is 0.00883. The summed E-state index contributed by atoms with van der Waals surface area (Å²) in [5, 5.41) is 18.5. The van der Waals surface area contributed by atoms with Crippen molar-refractivity contribution < 1.29 is 0 Å². The van der Waals surface area contributed by atoms with E-state index < -0.39 is 0 Å². The highest BCUT2D eigenvalue weighted by molar-refractivity contribution is 6.31. The summed E-state index contributed by atoms with van der Waals surface area (Å²) in [6.45, 7) is 1.62. The van der Waals surface area contributed by atoms with Gasteiger partial charge in [0.1, 0.15) is 0 Å². The summed E-state index contributed by atoms with van der Waals surface area (Å²) in [6.07, 6.45) is 3.19. The molecule has 0 aromatic heterocycles. The maximum Gasteiger partial charge on any atom is 0.0992 e. The second-order valence-corrected chi connectivity index (χ2v) is 4.94. The van der Waals surface area contributed by atoms with E-state index in [9.17, 15) is 0 Å². The lowest BCUT2D eigenvalue weighted by molar-refractivity contribution is 0.176. The van der Waals surface area contributed by atoms with Gasteiger partial charge in [-0.05, 0) is 43.5 Å².